The molecule has 0 spiro atoms. The summed E-state index contributed by atoms with van der Waals surface area (Å²) in [6.45, 7) is -0.0263. The highest BCUT2D eigenvalue weighted by Crippen LogP contribution is 2.40. The molecule has 3 N–H and O–H groups in total. The zero-order valence-corrected chi connectivity index (χ0v) is 9.71. The van der Waals surface area contributed by atoms with Crippen molar-refractivity contribution in [2.24, 2.45) is 5.73 Å². The number of hydrogen-bond donors (Lipinski definition) is 2. The number of rotatable bonds is 4. The van der Waals surface area contributed by atoms with Crippen LogP contribution in [0.5, 0.6) is 11.5 Å². The first-order valence-corrected chi connectivity index (χ1v) is 4.92. The molecule has 0 saturated heterocycles. The molecule has 0 bridgehead atoms. The summed E-state index contributed by atoms with van der Waals surface area (Å²) in [7, 11) is 2.63. The van der Waals surface area contributed by atoms with Crippen molar-refractivity contribution in [2.45, 2.75) is 6.10 Å². The lowest BCUT2D eigenvalue weighted by atomic mass is 10.1. The quantitative estimate of drug-likeness (QED) is 0.849. The molecule has 6 heteroatoms. The second-order valence-electron chi connectivity index (χ2n) is 3.08. The SMILES string of the molecule is COc1c(C(O)CN)cc(Cl)c(F)c1OC. The summed E-state index contributed by atoms with van der Waals surface area (Å²) >= 11 is 5.67. The Labute approximate surface area is 97.7 Å². The van der Waals surface area contributed by atoms with Crippen molar-refractivity contribution in [1.82, 2.24) is 0 Å². The Morgan fingerprint density at radius 2 is 2.00 bits per heavy atom. The Kier molecular flexibility index (Phi) is 4.35. The van der Waals surface area contributed by atoms with Gasteiger partial charge >= 0.3 is 0 Å². The predicted octanol–water partition coefficient (Wildman–Crippen LogP) is 1.49. The average Bonchev–Trinajstić information content (AvgIpc) is 2.30. The van der Waals surface area contributed by atoms with Crippen LogP contribution < -0.4 is 15.2 Å². The van der Waals surface area contributed by atoms with Crippen molar-refractivity contribution >= 4 is 11.6 Å². The minimum absolute atomic E-state index is 0.0263. The first kappa shape index (κ1) is 13.0. The third-order valence-corrected chi connectivity index (χ3v) is 2.43. The third-order valence-electron chi connectivity index (χ3n) is 2.15. The molecule has 90 valence electrons. The summed E-state index contributed by atoms with van der Waals surface area (Å²) in [5.41, 5.74) is 5.62. The number of ether oxygens (including phenoxy) is 2. The van der Waals surface area contributed by atoms with Gasteiger partial charge < -0.3 is 20.3 Å². The Hall–Kier alpha value is -1.04. The molecule has 0 fully saturated rings. The van der Waals surface area contributed by atoms with E-state index in [9.17, 15) is 9.50 Å². The molecule has 0 aliphatic heterocycles. The van der Waals surface area contributed by atoms with Crippen LogP contribution in [0.2, 0.25) is 5.02 Å². The maximum atomic E-state index is 13.5. The normalized spacial score (nSPS) is 12.4. The van der Waals surface area contributed by atoms with Gasteiger partial charge in [0.15, 0.2) is 17.3 Å². The van der Waals surface area contributed by atoms with Gasteiger partial charge in [0.05, 0.1) is 25.3 Å². The van der Waals surface area contributed by atoms with E-state index in [1.807, 2.05) is 0 Å². The van der Waals surface area contributed by atoms with E-state index < -0.39 is 11.9 Å². The fourth-order valence-corrected chi connectivity index (χ4v) is 1.58. The molecule has 1 aromatic rings. The minimum atomic E-state index is -0.984. The fourth-order valence-electron chi connectivity index (χ4n) is 1.37. The summed E-state index contributed by atoms with van der Waals surface area (Å²) in [4.78, 5) is 0. The molecule has 0 aromatic heterocycles. The predicted molar refractivity (Wildman–Crippen MR) is 58.5 cm³/mol. The van der Waals surface area contributed by atoms with E-state index in [0.29, 0.717) is 5.56 Å². The summed E-state index contributed by atoms with van der Waals surface area (Å²) in [6.07, 6.45) is -0.984. The zero-order chi connectivity index (χ0) is 12.3. The van der Waals surface area contributed by atoms with Crippen LogP contribution in [0.15, 0.2) is 6.07 Å². The maximum Gasteiger partial charge on any atom is 0.198 e. The molecule has 1 rings (SSSR count). The van der Waals surface area contributed by atoms with Crippen LogP contribution in [0.4, 0.5) is 4.39 Å². The lowest BCUT2D eigenvalue weighted by Crippen LogP contribution is -2.13. The number of benzene rings is 1. The van der Waals surface area contributed by atoms with Crippen molar-refractivity contribution < 1.29 is 19.0 Å². The molecule has 4 nitrogen and oxygen atoms in total. The molecular weight excluding hydrogens is 237 g/mol. The standard InChI is InChI=1S/C10H13ClFNO3/c1-15-9-5(7(14)4-13)3-6(11)8(12)10(9)16-2/h3,7,14H,4,13H2,1-2H3. The molecule has 0 saturated carbocycles. The second-order valence-corrected chi connectivity index (χ2v) is 3.49. The Balaban J connectivity index is 3.43. The molecule has 0 aliphatic carbocycles. The van der Waals surface area contributed by atoms with E-state index in [2.05, 4.69) is 0 Å². The molecule has 0 heterocycles. The molecule has 0 amide bonds. The van der Waals surface area contributed by atoms with E-state index >= 15 is 0 Å². The van der Waals surface area contributed by atoms with Crippen LogP contribution in [0.1, 0.15) is 11.7 Å². The van der Waals surface area contributed by atoms with Gasteiger partial charge in [-0.2, -0.15) is 0 Å². The highest BCUT2D eigenvalue weighted by molar-refractivity contribution is 6.31. The van der Waals surface area contributed by atoms with Gasteiger partial charge in [0.2, 0.25) is 0 Å². The summed E-state index contributed by atoms with van der Waals surface area (Å²) in [6, 6.07) is 1.27. The Morgan fingerprint density at radius 3 is 2.44 bits per heavy atom. The lowest BCUT2D eigenvalue weighted by Gasteiger charge is -2.17. The molecule has 1 unspecified atom stereocenters. The van der Waals surface area contributed by atoms with E-state index in [1.54, 1.807) is 0 Å². The summed E-state index contributed by atoms with van der Waals surface area (Å²) < 4.78 is 23.4. The summed E-state index contributed by atoms with van der Waals surface area (Å²) in [5, 5.41) is 9.48. The Bertz CT molecular complexity index is 387. The van der Waals surface area contributed by atoms with Gasteiger partial charge in [-0.1, -0.05) is 11.6 Å². The van der Waals surface area contributed by atoms with Crippen LogP contribution in [-0.2, 0) is 0 Å². The van der Waals surface area contributed by atoms with E-state index in [0.717, 1.165) is 0 Å². The number of aliphatic hydroxyl groups excluding tert-OH is 1. The van der Waals surface area contributed by atoms with Crippen molar-refractivity contribution in [3.05, 3.63) is 22.5 Å². The summed E-state index contributed by atoms with van der Waals surface area (Å²) in [5.74, 6) is -0.770. The van der Waals surface area contributed by atoms with Gasteiger partial charge in [-0.3, -0.25) is 0 Å². The monoisotopic (exact) mass is 249 g/mol. The first-order chi connectivity index (χ1) is 7.56. The van der Waals surface area contributed by atoms with Crippen LogP contribution in [-0.4, -0.2) is 25.9 Å². The van der Waals surface area contributed by atoms with Crippen molar-refractivity contribution in [3.8, 4) is 11.5 Å². The number of halogens is 2. The largest absolute Gasteiger partial charge is 0.492 e. The molecule has 1 atom stereocenters. The van der Waals surface area contributed by atoms with E-state index in [4.69, 9.17) is 26.8 Å². The number of methoxy groups -OCH3 is 2. The average molecular weight is 250 g/mol. The van der Waals surface area contributed by atoms with Gasteiger partial charge in [-0.05, 0) is 6.07 Å². The van der Waals surface area contributed by atoms with Crippen molar-refractivity contribution in [3.63, 3.8) is 0 Å². The smallest absolute Gasteiger partial charge is 0.198 e. The van der Waals surface area contributed by atoms with Gasteiger partial charge in [-0.25, -0.2) is 4.39 Å². The zero-order valence-electron chi connectivity index (χ0n) is 8.96. The third kappa shape index (κ3) is 2.21. The maximum absolute atomic E-state index is 13.5. The van der Waals surface area contributed by atoms with E-state index in [-0.39, 0.29) is 23.1 Å². The first-order valence-electron chi connectivity index (χ1n) is 4.54. The lowest BCUT2D eigenvalue weighted by molar-refractivity contribution is 0.180. The molecule has 0 radical (unpaired) electrons. The highest BCUT2D eigenvalue weighted by Gasteiger charge is 2.22. The second kappa shape index (κ2) is 5.34. The van der Waals surface area contributed by atoms with Crippen molar-refractivity contribution in [2.75, 3.05) is 20.8 Å². The fraction of sp³-hybridized carbons (Fsp3) is 0.400. The number of aliphatic hydroxyl groups is 1. The van der Waals surface area contributed by atoms with Crippen LogP contribution in [0.3, 0.4) is 0 Å². The van der Waals surface area contributed by atoms with Crippen LogP contribution in [0.25, 0.3) is 0 Å². The molecular formula is C10H13ClFNO3. The minimum Gasteiger partial charge on any atom is -0.492 e. The number of nitrogens with two attached hydrogens (primary N) is 1. The molecule has 0 aliphatic rings. The van der Waals surface area contributed by atoms with Crippen LogP contribution in [0, 0.1) is 5.82 Å². The topological polar surface area (TPSA) is 64.7 Å². The highest BCUT2D eigenvalue weighted by atomic mass is 35.5. The Morgan fingerprint density at radius 1 is 1.44 bits per heavy atom. The van der Waals surface area contributed by atoms with Gasteiger partial charge in [0.1, 0.15) is 0 Å². The van der Waals surface area contributed by atoms with Gasteiger partial charge in [-0.15, -0.1) is 0 Å². The molecule has 1 aromatic carbocycles. The van der Waals surface area contributed by atoms with E-state index in [1.165, 1.54) is 20.3 Å². The number of hydrogen-bond acceptors (Lipinski definition) is 4. The van der Waals surface area contributed by atoms with Gasteiger partial charge in [0.25, 0.3) is 0 Å². The molecule has 16 heavy (non-hydrogen) atoms. The van der Waals surface area contributed by atoms with Crippen molar-refractivity contribution in [1.29, 1.82) is 0 Å². The van der Waals surface area contributed by atoms with Gasteiger partial charge in [0, 0.05) is 12.1 Å². The van der Waals surface area contributed by atoms with Crippen LogP contribution >= 0.6 is 11.6 Å².